The summed E-state index contributed by atoms with van der Waals surface area (Å²) in [7, 11) is 0.0611. The van der Waals surface area contributed by atoms with Crippen LogP contribution in [0, 0.1) is 0 Å². The molecule has 0 unspecified atom stereocenters. The first-order chi connectivity index (χ1) is 9.39. The maximum atomic E-state index is 12.8. The number of ether oxygens (including phenoxy) is 1. The lowest BCUT2D eigenvalue weighted by atomic mass is 9.97. The molecule has 0 aromatic heterocycles. The summed E-state index contributed by atoms with van der Waals surface area (Å²) in [5, 5.41) is 0. The van der Waals surface area contributed by atoms with Crippen molar-refractivity contribution in [2.45, 2.75) is 29.9 Å². The average Bonchev–Trinajstić information content (AvgIpc) is 2.34. The second-order valence-electron chi connectivity index (χ2n) is 3.59. The molecule has 0 aliphatic carbocycles. The van der Waals surface area contributed by atoms with Crippen molar-refractivity contribution >= 4 is 0 Å². The van der Waals surface area contributed by atoms with E-state index in [2.05, 4.69) is 4.74 Å². The van der Waals surface area contributed by atoms with Gasteiger partial charge in [-0.15, -0.1) is 0 Å². The van der Waals surface area contributed by atoms with Crippen molar-refractivity contribution in [1.82, 2.24) is 0 Å². The fourth-order valence-electron chi connectivity index (χ4n) is 0.923. The molecule has 0 aliphatic heterocycles. The summed E-state index contributed by atoms with van der Waals surface area (Å²) in [6.07, 6.45) is -7.38. The Morgan fingerprint density at radius 1 is 0.636 bits per heavy atom. The van der Waals surface area contributed by atoms with E-state index in [0.717, 1.165) is 0 Å². The summed E-state index contributed by atoms with van der Waals surface area (Å²) in [5.41, 5.74) is 0. The molecule has 0 rings (SSSR count). The smallest absolute Gasteiger partial charge is 0.460 e. The minimum atomic E-state index is -7.81. The molecule has 0 saturated carbocycles. The molecule has 0 bridgehead atoms. The topological polar surface area (TPSA) is 9.23 Å². The van der Waals surface area contributed by atoms with Gasteiger partial charge in [0, 0.05) is 0 Å². The molecule has 0 N–H and O–H groups in total. The zero-order valence-electron chi connectivity index (χ0n) is 9.82. The lowest BCUT2D eigenvalue weighted by Crippen LogP contribution is -2.66. The van der Waals surface area contributed by atoms with Crippen LogP contribution in [0.5, 0.6) is 0 Å². The third-order valence-electron chi connectivity index (χ3n) is 2.17. The quantitative estimate of drug-likeness (QED) is 0.502. The summed E-state index contributed by atoms with van der Waals surface area (Å²) in [5.74, 6) is -34.3. The predicted molar refractivity (Wildman–Crippen MR) is 42.1 cm³/mol. The fourth-order valence-corrected chi connectivity index (χ4v) is 0.923. The Balaban J connectivity index is 6.24. The summed E-state index contributed by atoms with van der Waals surface area (Å²) >= 11 is 0. The van der Waals surface area contributed by atoms with E-state index in [1.807, 2.05) is 0 Å². The van der Waals surface area contributed by atoms with Crippen molar-refractivity contribution < 1.29 is 61.8 Å². The molecule has 0 aromatic rings. The Hall–Kier alpha value is -1.37. The molecule has 0 heterocycles. The van der Waals surface area contributed by atoms with Crippen LogP contribution in [0.3, 0.4) is 0 Å². The van der Waals surface area contributed by atoms with Crippen LogP contribution >= 0.6 is 0 Å². The van der Waals surface area contributed by atoms with Crippen LogP contribution in [0.15, 0.2) is 11.8 Å². The summed E-state index contributed by atoms with van der Waals surface area (Å²) in [6, 6.07) is -3.21. The van der Waals surface area contributed by atoms with Gasteiger partial charge in [0.25, 0.3) is 0 Å². The molecule has 0 spiro atoms. The number of alkyl halides is 11. The first-order valence-electron chi connectivity index (χ1n) is 4.57. The SMILES string of the molecule is CO/C(F)=C(\F)C(F)(F)C(F)(F)C(F)(F)C(F)(F)C(F)(F)F. The van der Waals surface area contributed by atoms with Gasteiger partial charge in [0.2, 0.25) is 5.83 Å². The highest BCUT2D eigenvalue weighted by Gasteiger charge is 2.88. The first kappa shape index (κ1) is 20.6. The fraction of sp³-hybridized carbons (Fsp3) is 0.750. The summed E-state index contributed by atoms with van der Waals surface area (Å²) in [6.45, 7) is 0. The Labute approximate surface area is 112 Å². The number of hydrogen-bond acceptors (Lipinski definition) is 1. The zero-order valence-corrected chi connectivity index (χ0v) is 9.82. The van der Waals surface area contributed by atoms with Crippen LogP contribution < -0.4 is 0 Å². The zero-order chi connectivity index (χ0) is 18.4. The van der Waals surface area contributed by atoms with Gasteiger partial charge in [0.1, 0.15) is 0 Å². The average molecular weight is 362 g/mol. The molecule has 1 nitrogen and oxygen atoms in total. The van der Waals surface area contributed by atoms with Crippen molar-refractivity contribution in [3.63, 3.8) is 0 Å². The minimum Gasteiger partial charge on any atom is -0.472 e. The van der Waals surface area contributed by atoms with Crippen molar-refractivity contribution in [2.75, 3.05) is 7.11 Å². The van der Waals surface area contributed by atoms with Gasteiger partial charge in [-0.2, -0.15) is 57.1 Å². The number of rotatable bonds is 5. The monoisotopic (exact) mass is 362 g/mol. The molecule has 0 aliphatic rings. The highest BCUT2D eigenvalue weighted by atomic mass is 19.4. The van der Waals surface area contributed by atoms with Gasteiger partial charge in [0.05, 0.1) is 7.11 Å². The lowest BCUT2D eigenvalue weighted by molar-refractivity contribution is -0.419. The second kappa shape index (κ2) is 5.37. The molecule has 0 atom stereocenters. The highest BCUT2D eigenvalue weighted by molar-refractivity contribution is 5.17. The van der Waals surface area contributed by atoms with Crippen LogP contribution in [0.2, 0.25) is 0 Å². The van der Waals surface area contributed by atoms with E-state index in [0.29, 0.717) is 0 Å². The van der Waals surface area contributed by atoms with E-state index in [1.165, 1.54) is 0 Å². The van der Waals surface area contributed by atoms with Gasteiger partial charge < -0.3 is 4.74 Å². The first-order valence-corrected chi connectivity index (χ1v) is 4.57. The van der Waals surface area contributed by atoms with Crippen LogP contribution in [0.1, 0.15) is 0 Å². The van der Waals surface area contributed by atoms with E-state index >= 15 is 0 Å². The van der Waals surface area contributed by atoms with Crippen molar-refractivity contribution in [3.05, 3.63) is 11.8 Å². The minimum absolute atomic E-state index is 0.0611. The molecular weight excluding hydrogens is 359 g/mol. The predicted octanol–water partition coefficient (Wildman–Crippen LogP) is 4.84. The van der Waals surface area contributed by atoms with E-state index in [-0.39, 0.29) is 7.11 Å². The van der Waals surface area contributed by atoms with Crippen LogP contribution in [0.4, 0.5) is 57.1 Å². The Morgan fingerprint density at radius 3 is 1.27 bits per heavy atom. The number of allylic oxidation sites excluding steroid dienone is 1. The Morgan fingerprint density at radius 2 is 1.00 bits per heavy atom. The standard InChI is InChI=1S/C8H3F13O/c1-22-3(10)2(9)4(11,12)5(13,14)6(15,16)7(17,18)8(19,20)21/h1H3/b3-2-. The highest BCUT2D eigenvalue weighted by Crippen LogP contribution is 2.59. The van der Waals surface area contributed by atoms with Crippen molar-refractivity contribution in [3.8, 4) is 0 Å². The van der Waals surface area contributed by atoms with Crippen LogP contribution in [-0.2, 0) is 4.74 Å². The van der Waals surface area contributed by atoms with Crippen molar-refractivity contribution in [1.29, 1.82) is 0 Å². The molecular formula is C8H3F13O. The van der Waals surface area contributed by atoms with Gasteiger partial charge in [-0.05, 0) is 0 Å². The molecule has 0 fully saturated rings. The van der Waals surface area contributed by atoms with E-state index in [4.69, 9.17) is 0 Å². The van der Waals surface area contributed by atoms with Gasteiger partial charge in [-0.3, -0.25) is 0 Å². The van der Waals surface area contributed by atoms with Gasteiger partial charge in [-0.1, -0.05) is 0 Å². The van der Waals surface area contributed by atoms with E-state index in [9.17, 15) is 57.1 Å². The largest absolute Gasteiger partial charge is 0.472 e. The van der Waals surface area contributed by atoms with Crippen LogP contribution in [0.25, 0.3) is 0 Å². The van der Waals surface area contributed by atoms with Crippen molar-refractivity contribution in [2.24, 2.45) is 0 Å². The molecule has 0 saturated heterocycles. The Bertz CT molecular complexity index is 445. The maximum Gasteiger partial charge on any atom is 0.460 e. The number of hydrogen-bond donors (Lipinski definition) is 0. The van der Waals surface area contributed by atoms with Gasteiger partial charge >= 0.3 is 35.9 Å². The molecule has 0 radical (unpaired) electrons. The van der Waals surface area contributed by atoms with E-state index < -0.39 is 41.7 Å². The van der Waals surface area contributed by atoms with Gasteiger partial charge in [0.15, 0.2) is 0 Å². The number of methoxy groups -OCH3 is 1. The van der Waals surface area contributed by atoms with Gasteiger partial charge in [-0.25, -0.2) is 0 Å². The molecule has 0 amide bonds. The maximum absolute atomic E-state index is 12.8. The van der Waals surface area contributed by atoms with Crippen LogP contribution in [-0.4, -0.2) is 37.0 Å². The summed E-state index contributed by atoms with van der Waals surface area (Å²) < 4.78 is 164. The third-order valence-corrected chi connectivity index (χ3v) is 2.17. The lowest BCUT2D eigenvalue weighted by Gasteiger charge is -2.36. The second-order valence-corrected chi connectivity index (χ2v) is 3.59. The molecule has 22 heavy (non-hydrogen) atoms. The summed E-state index contributed by atoms with van der Waals surface area (Å²) in [4.78, 5) is 0. The normalized spacial score (nSPS) is 16.5. The molecule has 0 aromatic carbocycles. The Kier molecular flexibility index (Phi) is 5.03. The third kappa shape index (κ3) is 2.66. The molecule has 14 heteroatoms. The molecule has 132 valence electrons. The van der Waals surface area contributed by atoms with E-state index in [1.54, 1.807) is 0 Å². The number of halogens is 13.